The molecule has 0 atom stereocenters. The molecule has 0 aliphatic carbocycles. The Labute approximate surface area is 158 Å². The van der Waals surface area contributed by atoms with Gasteiger partial charge >= 0.3 is 0 Å². The van der Waals surface area contributed by atoms with E-state index in [0.29, 0.717) is 11.1 Å². The first-order valence-electron chi connectivity index (χ1n) is 7.88. The van der Waals surface area contributed by atoms with Crippen molar-refractivity contribution in [2.24, 2.45) is 0 Å². The molecule has 2 aromatic carbocycles. The number of halogens is 2. The maximum absolute atomic E-state index is 13.9. The van der Waals surface area contributed by atoms with E-state index in [-0.39, 0.29) is 28.6 Å². The minimum Gasteiger partial charge on any atom is -0.305 e. The topological polar surface area (TPSA) is 90.1 Å². The second-order valence-electron chi connectivity index (χ2n) is 5.81. The van der Waals surface area contributed by atoms with Crippen LogP contribution in [0.25, 0.3) is 0 Å². The molecule has 0 bridgehead atoms. The first-order valence-corrected chi connectivity index (χ1v) is 8.25. The maximum Gasteiger partial charge on any atom is 0.272 e. The first-order chi connectivity index (χ1) is 12.8. The molecule has 3 aromatic rings. The lowest BCUT2D eigenvalue weighted by atomic mass is 10.1. The van der Waals surface area contributed by atoms with Crippen LogP contribution in [0.2, 0.25) is 5.02 Å². The van der Waals surface area contributed by atoms with Gasteiger partial charge in [-0.2, -0.15) is 5.10 Å². The second-order valence-corrected chi connectivity index (χ2v) is 6.22. The van der Waals surface area contributed by atoms with Crippen LogP contribution in [-0.2, 0) is 6.54 Å². The summed E-state index contributed by atoms with van der Waals surface area (Å²) in [5.74, 6) is -0.629. The summed E-state index contributed by atoms with van der Waals surface area (Å²) in [5.41, 5.74) is 0.890. The molecule has 3 rings (SSSR count). The lowest BCUT2D eigenvalue weighted by molar-refractivity contribution is -0.385. The molecule has 0 unspecified atom stereocenters. The van der Waals surface area contributed by atoms with Gasteiger partial charge < -0.3 is 5.32 Å². The van der Waals surface area contributed by atoms with E-state index in [9.17, 15) is 19.3 Å². The van der Waals surface area contributed by atoms with Crippen molar-refractivity contribution in [2.45, 2.75) is 13.5 Å². The van der Waals surface area contributed by atoms with E-state index in [1.807, 2.05) is 0 Å². The number of rotatable bonds is 5. The van der Waals surface area contributed by atoms with E-state index in [1.165, 1.54) is 35.0 Å². The monoisotopic (exact) mass is 388 g/mol. The van der Waals surface area contributed by atoms with Crippen LogP contribution in [0.15, 0.2) is 48.7 Å². The van der Waals surface area contributed by atoms with E-state index in [0.717, 1.165) is 0 Å². The molecule has 1 amide bonds. The number of hydrogen-bond donors (Lipinski definition) is 1. The summed E-state index contributed by atoms with van der Waals surface area (Å²) in [6.07, 6.45) is 1.58. The fourth-order valence-electron chi connectivity index (χ4n) is 2.55. The van der Waals surface area contributed by atoms with Gasteiger partial charge in [-0.1, -0.05) is 17.7 Å². The fourth-order valence-corrected chi connectivity index (χ4v) is 2.77. The van der Waals surface area contributed by atoms with Crippen molar-refractivity contribution in [1.29, 1.82) is 0 Å². The molecule has 0 aliphatic heterocycles. The largest absolute Gasteiger partial charge is 0.305 e. The zero-order valence-corrected chi connectivity index (χ0v) is 14.9. The van der Waals surface area contributed by atoms with Gasteiger partial charge in [0, 0.05) is 40.0 Å². The molecule has 0 aliphatic rings. The fraction of sp³-hybridized carbons (Fsp3) is 0.111. The quantitative estimate of drug-likeness (QED) is 0.524. The van der Waals surface area contributed by atoms with Crippen LogP contribution < -0.4 is 5.32 Å². The number of nitrogens with zero attached hydrogens (tertiary/aromatic N) is 3. The summed E-state index contributed by atoms with van der Waals surface area (Å²) >= 11 is 6.00. The third-order valence-corrected chi connectivity index (χ3v) is 4.27. The Balaban J connectivity index is 1.73. The van der Waals surface area contributed by atoms with Gasteiger partial charge in [-0.3, -0.25) is 19.6 Å². The average Bonchev–Trinajstić information content (AvgIpc) is 3.05. The van der Waals surface area contributed by atoms with Gasteiger partial charge in [-0.15, -0.1) is 0 Å². The summed E-state index contributed by atoms with van der Waals surface area (Å²) in [6.45, 7) is 1.67. The van der Waals surface area contributed by atoms with E-state index in [4.69, 9.17) is 11.6 Å². The van der Waals surface area contributed by atoms with Crippen molar-refractivity contribution in [1.82, 2.24) is 9.78 Å². The van der Waals surface area contributed by atoms with Crippen LogP contribution >= 0.6 is 11.6 Å². The minimum absolute atomic E-state index is 0.0578. The molecule has 1 aromatic heterocycles. The predicted octanol–water partition coefficient (Wildman–Crippen LogP) is 4.19. The molecule has 0 saturated heterocycles. The molecule has 0 fully saturated rings. The molecular weight excluding hydrogens is 375 g/mol. The van der Waals surface area contributed by atoms with E-state index >= 15 is 0 Å². The van der Waals surface area contributed by atoms with Crippen LogP contribution in [0.5, 0.6) is 0 Å². The Morgan fingerprint density at radius 2 is 2.11 bits per heavy atom. The highest BCUT2D eigenvalue weighted by atomic mass is 35.5. The number of benzene rings is 2. The molecule has 0 saturated carbocycles. The van der Waals surface area contributed by atoms with Gasteiger partial charge in [0.1, 0.15) is 5.82 Å². The number of aryl methyl sites for hydroxylation is 1. The number of nitro benzene ring substituents is 1. The highest BCUT2D eigenvalue weighted by molar-refractivity contribution is 6.31. The van der Waals surface area contributed by atoms with Crippen molar-refractivity contribution in [3.05, 3.63) is 86.3 Å². The van der Waals surface area contributed by atoms with Gasteiger partial charge in [-0.05, 0) is 31.2 Å². The number of hydrogen-bond acceptors (Lipinski definition) is 4. The molecule has 7 nitrogen and oxygen atoms in total. The SMILES string of the molecule is Cc1cc(C(=O)Nc2ccn(Cc3c(F)cccc3Cl)n2)ccc1[N+](=O)[O-]. The highest BCUT2D eigenvalue weighted by Crippen LogP contribution is 2.21. The average molecular weight is 389 g/mol. The molecule has 27 heavy (non-hydrogen) atoms. The third kappa shape index (κ3) is 4.12. The summed E-state index contributed by atoms with van der Waals surface area (Å²) in [5, 5.41) is 17.9. The lowest BCUT2D eigenvalue weighted by Crippen LogP contribution is -2.13. The highest BCUT2D eigenvalue weighted by Gasteiger charge is 2.15. The third-order valence-electron chi connectivity index (χ3n) is 3.92. The van der Waals surface area contributed by atoms with Crippen molar-refractivity contribution >= 4 is 29.0 Å². The molecule has 0 radical (unpaired) electrons. The van der Waals surface area contributed by atoms with Gasteiger partial charge in [0.2, 0.25) is 0 Å². The van der Waals surface area contributed by atoms with Crippen molar-refractivity contribution in [3.63, 3.8) is 0 Å². The predicted molar refractivity (Wildman–Crippen MR) is 98.5 cm³/mol. The number of carbonyl (C=O) groups excluding carboxylic acids is 1. The molecule has 0 spiro atoms. The van der Waals surface area contributed by atoms with Crippen LogP contribution in [0.1, 0.15) is 21.5 Å². The first kappa shape index (κ1) is 18.5. The zero-order chi connectivity index (χ0) is 19.6. The minimum atomic E-state index is -0.507. The summed E-state index contributed by atoms with van der Waals surface area (Å²) < 4.78 is 15.3. The van der Waals surface area contributed by atoms with E-state index in [1.54, 1.807) is 25.3 Å². The maximum atomic E-state index is 13.9. The van der Waals surface area contributed by atoms with Gasteiger partial charge in [0.25, 0.3) is 11.6 Å². The molecule has 138 valence electrons. The van der Waals surface area contributed by atoms with Crippen LogP contribution in [0.4, 0.5) is 15.9 Å². The summed E-state index contributed by atoms with van der Waals surface area (Å²) in [7, 11) is 0. The molecule has 1 heterocycles. The number of nitrogens with one attached hydrogen (secondary N) is 1. The Bertz CT molecular complexity index is 1010. The van der Waals surface area contributed by atoms with E-state index < -0.39 is 16.6 Å². The second kappa shape index (κ2) is 7.55. The Kier molecular flexibility index (Phi) is 5.18. The number of nitro groups is 1. The van der Waals surface area contributed by atoms with Crippen LogP contribution in [-0.4, -0.2) is 20.6 Å². The normalized spacial score (nSPS) is 10.6. The Morgan fingerprint density at radius 3 is 2.78 bits per heavy atom. The van der Waals surface area contributed by atoms with Gasteiger partial charge in [-0.25, -0.2) is 4.39 Å². The number of aromatic nitrogens is 2. The van der Waals surface area contributed by atoms with E-state index in [2.05, 4.69) is 10.4 Å². The van der Waals surface area contributed by atoms with Crippen molar-refractivity contribution < 1.29 is 14.1 Å². The number of carbonyl (C=O) groups is 1. The number of amides is 1. The molecule has 9 heteroatoms. The van der Waals surface area contributed by atoms with Gasteiger partial charge in [0.15, 0.2) is 5.82 Å². The number of anilines is 1. The Hall–Kier alpha value is -3.26. The van der Waals surface area contributed by atoms with Crippen LogP contribution in [0.3, 0.4) is 0 Å². The lowest BCUT2D eigenvalue weighted by Gasteiger charge is -2.06. The smallest absolute Gasteiger partial charge is 0.272 e. The zero-order valence-electron chi connectivity index (χ0n) is 14.1. The molecular formula is C18H14ClFN4O3. The van der Waals surface area contributed by atoms with Crippen molar-refractivity contribution in [3.8, 4) is 0 Å². The summed E-state index contributed by atoms with van der Waals surface area (Å²) in [4.78, 5) is 22.7. The Morgan fingerprint density at radius 1 is 1.33 bits per heavy atom. The van der Waals surface area contributed by atoms with Crippen LogP contribution in [0, 0.1) is 22.9 Å². The molecule has 1 N–H and O–H groups in total. The van der Waals surface area contributed by atoms with Gasteiger partial charge in [0.05, 0.1) is 11.5 Å². The summed E-state index contributed by atoms with van der Waals surface area (Å²) in [6, 6.07) is 10.1. The standard InChI is InChI=1S/C18H14ClFN4O3/c1-11-9-12(5-6-16(11)24(26)27)18(25)21-17-7-8-23(22-17)10-13-14(19)3-2-4-15(13)20/h2-9H,10H2,1H3,(H,21,22,25). The van der Waals surface area contributed by atoms with Crippen molar-refractivity contribution in [2.75, 3.05) is 5.32 Å².